The SMILES string of the molecule is O=C(O)CC[C@H](NC(=O)CCn1c2ccccc2c2nc3ccccc3nc21)C(=O)O. The molecule has 4 aromatic rings. The number of rotatable bonds is 8. The number of benzene rings is 2. The number of hydrogen-bond acceptors (Lipinski definition) is 5. The van der Waals surface area contributed by atoms with Crippen LogP contribution < -0.4 is 5.32 Å². The molecule has 0 saturated heterocycles. The maximum Gasteiger partial charge on any atom is 0.326 e. The van der Waals surface area contributed by atoms with Crippen molar-refractivity contribution < 1.29 is 24.6 Å². The number of aromatic nitrogens is 3. The average molecular weight is 420 g/mol. The summed E-state index contributed by atoms with van der Waals surface area (Å²) in [4.78, 5) is 43.9. The lowest BCUT2D eigenvalue weighted by Crippen LogP contribution is -2.41. The summed E-state index contributed by atoms with van der Waals surface area (Å²) in [5.41, 5.74) is 3.77. The molecule has 31 heavy (non-hydrogen) atoms. The molecular weight excluding hydrogens is 400 g/mol. The summed E-state index contributed by atoms with van der Waals surface area (Å²) >= 11 is 0. The lowest BCUT2D eigenvalue weighted by Gasteiger charge is -2.14. The van der Waals surface area contributed by atoms with Crippen LogP contribution in [0, 0.1) is 0 Å². The quantitative estimate of drug-likeness (QED) is 0.399. The molecule has 9 nitrogen and oxygen atoms in total. The number of carbonyl (C=O) groups excluding carboxylic acids is 1. The van der Waals surface area contributed by atoms with Crippen molar-refractivity contribution in [3.63, 3.8) is 0 Å². The Kier molecular flexibility index (Phi) is 5.48. The van der Waals surface area contributed by atoms with Crippen molar-refractivity contribution in [2.75, 3.05) is 0 Å². The summed E-state index contributed by atoms with van der Waals surface area (Å²) in [6, 6.07) is 14.0. The standard InChI is InChI=1S/C22H20N4O5/c27-18(23-16(22(30)31)9-10-19(28)29)11-12-26-17-8-4-1-5-13(17)20-21(26)25-15-7-3-2-6-14(15)24-20/h1-8,16H,9-12H2,(H,23,27)(H,28,29)(H,30,31)/t16-/m0/s1. The topological polar surface area (TPSA) is 134 Å². The van der Waals surface area contributed by atoms with Gasteiger partial charge < -0.3 is 20.1 Å². The van der Waals surface area contributed by atoms with Crippen LogP contribution in [0.3, 0.4) is 0 Å². The van der Waals surface area contributed by atoms with Crippen LogP contribution in [-0.4, -0.2) is 48.6 Å². The van der Waals surface area contributed by atoms with Gasteiger partial charge in [-0.05, 0) is 24.6 Å². The van der Waals surface area contributed by atoms with Crippen molar-refractivity contribution in [1.82, 2.24) is 19.9 Å². The molecular formula is C22H20N4O5. The van der Waals surface area contributed by atoms with E-state index in [0.717, 1.165) is 27.5 Å². The molecule has 4 rings (SSSR count). The fourth-order valence-corrected chi connectivity index (χ4v) is 3.61. The summed E-state index contributed by atoms with van der Waals surface area (Å²) in [6.07, 6.45) is -0.505. The number of amides is 1. The van der Waals surface area contributed by atoms with Gasteiger partial charge in [-0.2, -0.15) is 0 Å². The molecule has 0 aliphatic rings. The first kappa shape index (κ1) is 20.3. The molecule has 2 aromatic heterocycles. The number of aryl methyl sites for hydroxylation is 1. The van der Waals surface area contributed by atoms with Crippen LogP contribution in [-0.2, 0) is 20.9 Å². The van der Waals surface area contributed by atoms with Crippen LogP contribution in [0.4, 0.5) is 0 Å². The number of hydrogen-bond donors (Lipinski definition) is 3. The number of fused-ring (bicyclic) bond motifs is 4. The maximum atomic E-state index is 12.4. The van der Waals surface area contributed by atoms with Crippen LogP contribution in [0.2, 0.25) is 0 Å². The van der Waals surface area contributed by atoms with E-state index in [0.29, 0.717) is 5.65 Å². The second kappa shape index (κ2) is 8.39. The van der Waals surface area contributed by atoms with Crippen molar-refractivity contribution in [2.45, 2.75) is 31.8 Å². The van der Waals surface area contributed by atoms with Crippen molar-refractivity contribution in [3.05, 3.63) is 48.5 Å². The zero-order chi connectivity index (χ0) is 22.0. The van der Waals surface area contributed by atoms with E-state index in [1.165, 1.54) is 0 Å². The van der Waals surface area contributed by atoms with E-state index in [1.54, 1.807) is 0 Å². The second-order valence-corrected chi connectivity index (χ2v) is 7.19. The van der Waals surface area contributed by atoms with Crippen LogP contribution in [0.5, 0.6) is 0 Å². The van der Waals surface area contributed by atoms with Gasteiger partial charge in [-0.3, -0.25) is 9.59 Å². The van der Waals surface area contributed by atoms with Crippen LogP contribution in [0.1, 0.15) is 19.3 Å². The Labute approximate surface area is 176 Å². The lowest BCUT2D eigenvalue weighted by atomic mass is 10.1. The third-order valence-electron chi connectivity index (χ3n) is 5.10. The number of nitrogens with zero attached hydrogens (tertiary/aromatic N) is 3. The van der Waals surface area contributed by atoms with E-state index in [2.05, 4.69) is 5.32 Å². The van der Waals surface area contributed by atoms with Gasteiger partial charge in [0.15, 0.2) is 5.65 Å². The fraction of sp³-hybridized carbons (Fsp3) is 0.227. The van der Waals surface area contributed by atoms with E-state index >= 15 is 0 Å². The molecule has 158 valence electrons. The molecule has 0 bridgehead atoms. The molecule has 2 aromatic carbocycles. The zero-order valence-corrected chi connectivity index (χ0v) is 16.5. The van der Waals surface area contributed by atoms with E-state index in [4.69, 9.17) is 15.1 Å². The highest BCUT2D eigenvalue weighted by Gasteiger charge is 2.21. The third kappa shape index (κ3) is 4.16. The van der Waals surface area contributed by atoms with Gasteiger partial charge in [0.05, 0.1) is 16.6 Å². The molecule has 1 amide bonds. The van der Waals surface area contributed by atoms with E-state index in [-0.39, 0.29) is 25.8 Å². The van der Waals surface area contributed by atoms with Gasteiger partial charge in [-0.25, -0.2) is 14.8 Å². The number of aliphatic carboxylic acids is 2. The number of carboxylic acid groups (broad SMARTS) is 2. The summed E-state index contributed by atoms with van der Waals surface area (Å²) in [7, 11) is 0. The van der Waals surface area contributed by atoms with E-state index in [9.17, 15) is 19.5 Å². The van der Waals surface area contributed by atoms with Crippen molar-refractivity contribution in [1.29, 1.82) is 0 Å². The van der Waals surface area contributed by atoms with Crippen molar-refractivity contribution in [3.8, 4) is 0 Å². The Morgan fingerprint density at radius 3 is 2.32 bits per heavy atom. The molecule has 0 unspecified atom stereocenters. The molecule has 0 aliphatic carbocycles. The molecule has 3 N–H and O–H groups in total. The predicted octanol–water partition coefficient (Wildman–Crippen LogP) is 2.56. The summed E-state index contributed by atoms with van der Waals surface area (Å²) < 4.78 is 1.90. The molecule has 0 spiro atoms. The van der Waals surface area contributed by atoms with Crippen LogP contribution in [0.15, 0.2) is 48.5 Å². The molecule has 9 heteroatoms. The largest absolute Gasteiger partial charge is 0.481 e. The maximum absolute atomic E-state index is 12.4. The minimum Gasteiger partial charge on any atom is -0.481 e. The lowest BCUT2D eigenvalue weighted by molar-refractivity contribution is -0.143. The van der Waals surface area contributed by atoms with Gasteiger partial charge in [0.2, 0.25) is 5.91 Å². The zero-order valence-electron chi connectivity index (χ0n) is 16.5. The first-order chi connectivity index (χ1) is 14.9. The predicted molar refractivity (Wildman–Crippen MR) is 114 cm³/mol. The first-order valence-corrected chi connectivity index (χ1v) is 9.81. The molecule has 0 radical (unpaired) electrons. The highest BCUT2D eigenvalue weighted by molar-refractivity contribution is 6.06. The van der Waals surface area contributed by atoms with E-state index in [1.807, 2.05) is 53.1 Å². The summed E-state index contributed by atoms with van der Waals surface area (Å²) in [5, 5.41) is 21.3. The first-order valence-electron chi connectivity index (χ1n) is 9.81. The van der Waals surface area contributed by atoms with Crippen molar-refractivity contribution in [2.24, 2.45) is 0 Å². The number of carbonyl (C=O) groups is 3. The van der Waals surface area contributed by atoms with Gasteiger partial charge in [0, 0.05) is 24.8 Å². The summed E-state index contributed by atoms with van der Waals surface area (Å²) in [5.74, 6) is -2.85. The Bertz CT molecular complexity index is 1310. The average Bonchev–Trinajstić information content (AvgIpc) is 3.06. The minimum atomic E-state index is -1.26. The Morgan fingerprint density at radius 2 is 1.61 bits per heavy atom. The molecule has 0 aliphatic heterocycles. The van der Waals surface area contributed by atoms with Crippen molar-refractivity contribution >= 4 is 50.9 Å². The monoisotopic (exact) mass is 420 g/mol. The molecule has 0 saturated carbocycles. The van der Waals surface area contributed by atoms with Gasteiger partial charge in [-0.1, -0.05) is 30.3 Å². The normalized spacial score (nSPS) is 12.3. The Hall–Kier alpha value is -4.01. The molecule has 2 heterocycles. The fourth-order valence-electron chi connectivity index (χ4n) is 3.61. The highest BCUT2D eigenvalue weighted by atomic mass is 16.4. The Balaban J connectivity index is 1.61. The number of carboxylic acids is 2. The second-order valence-electron chi connectivity index (χ2n) is 7.19. The van der Waals surface area contributed by atoms with Gasteiger partial charge in [0.25, 0.3) is 0 Å². The van der Waals surface area contributed by atoms with Gasteiger partial charge >= 0.3 is 11.9 Å². The van der Waals surface area contributed by atoms with Gasteiger partial charge in [-0.15, -0.1) is 0 Å². The highest BCUT2D eigenvalue weighted by Crippen LogP contribution is 2.28. The summed E-state index contributed by atoms with van der Waals surface area (Å²) in [6.45, 7) is 0.272. The third-order valence-corrected chi connectivity index (χ3v) is 5.10. The Morgan fingerprint density at radius 1 is 0.935 bits per heavy atom. The van der Waals surface area contributed by atoms with E-state index < -0.39 is 23.9 Å². The number of nitrogens with one attached hydrogen (secondary N) is 1. The minimum absolute atomic E-state index is 0.0130. The smallest absolute Gasteiger partial charge is 0.326 e. The molecule has 0 fully saturated rings. The number of para-hydroxylation sites is 3. The van der Waals surface area contributed by atoms with Crippen LogP contribution >= 0.6 is 0 Å². The van der Waals surface area contributed by atoms with Gasteiger partial charge in [0.1, 0.15) is 11.6 Å². The molecule has 1 atom stereocenters. The van der Waals surface area contributed by atoms with Crippen LogP contribution in [0.25, 0.3) is 33.1 Å².